The van der Waals surface area contributed by atoms with E-state index in [9.17, 15) is 23.1 Å². The minimum Gasteiger partial charge on any atom is -0.481 e. The summed E-state index contributed by atoms with van der Waals surface area (Å²) in [5.74, 6) is -1.74. The molecule has 0 radical (unpaired) electrons. The monoisotopic (exact) mass is 535 g/mol. The van der Waals surface area contributed by atoms with Crippen LogP contribution in [0.1, 0.15) is 37.7 Å². The Labute approximate surface area is 222 Å². The van der Waals surface area contributed by atoms with Crippen LogP contribution in [-0.2, 0) is 26.0 Å². The number of likely N-dealkylation sites (tertiary alicyclic amines) is 1. The molecule has 2 aliphatic rings. The molecule has 3 unspecified atom stereocenters. The predicted molar refractivity (Wildman–Crippen MR) is 146 cm³/mol. The van der Waals surface area contributed by atoms with Crippen molar-refractivity contribution in [1.82, 2.24) is 9.62 Å². The third-order valence-corrected chi connectivity index (χ3v) is 9.47. The zero-order valence-corrected chi connectivity index (χ0v) is 21.9. The number of nitrogens with two attached hydrogens (primary N) is 1. The lowest BCUT2D eigenvalue weighted by atomic mass is 9.71. The molecule has 0 bridgehead atoms. The Hall–Kier alpha value is -3.43. The van der Waals surface area contributed by atoms with E-state index in [1.54, 1.807) is 41.3 Å². The summed E-state index contributed by atoms with van der Waals surface area (Å²) in [5, 5.41) is 11.5. The van der Waals surface area contributed by atoms with Gasteiger partial charge in [-0.05, 0) is 72.2 Å². The number of carbonyl (C=O) groups is 2. The van der Waals surface area contributed by atoms with Gasteiger partial charge in [-0.15, -0.1) is 0 Å². The zero-order chi connectivity index (χ0) is 26.9. The van der Waals surface area contributed by atoms with Gasteiger partial charge >= 0.3 is 5.97 Å². The average molecular weight is 536 g/mol. The number of nitrogens with zero attached hydrogens (tertiary/aromatic N) is 1. The lowest BCUT2D eigenvalue weighted by molar-refractivity contribution is -0.154. The number of nitrogens with one attached hydrogen (secondary N) is 1. The Bertz CT molecular complexity index is 1460. The number of carbonyl (C=O) groups excluding carboxylic acids is 1. The van der Waals surface area contributed by atoms with Crippen LogP contribution in [0, 0.1) is 11.8 Å². The molecule has 3 aromatic rings. The number of nitrogen functional groups attached to an aromatic ring is 1. The van der Waals surface area contributed by atoms with E-state index in [1.807, 2.05) is 30.3 Å². The molecule has 3 aromatic carbocycles. The molecular formula is C29H33N3O5S. The summed E-state index contributed by atoms with van der Waals surface area (Å²) in [6, 6.07) is 18.2. The first-order valence-corrected chi connectivity index (χ1v) is 14.6. The van der Waals surface area contributed by atoms with Crippen LogP contribution in [0.15, 0.2) is 71.6 Å². The molecule has 5 rings (SSSR count). The number of fused-ring (bicyclic) bond motifs is 2. The molecule has 4 atom stereocenters. The van der Waals surface area contributed by atoms with Crippen molar-refractivity contribution < 1.29 is 23.1 Å². The number of aliphatic carboxylic acids is 1. The third-order valence-electron chi connectivity index (χ3n) is 8.00. The largest absolute Gasteiger partial charge is 0.481 e. The Balaban J connectivity index is 1.46. The number of rotatable bonds is 7. The van der Waals surface area contributed by atoms with Crippen LogP contribution in [0.5, 0.6) is 0 Å². The first-order valence-electron chi connectivity index (χ1n) is 13.1. The number of amides is 1. The van der Waals surface area contributed by atoms with Crippen molar-refractivity contribution in [2.75, 3.05) is 12.3 Å². The highest BCUT2D eigenvalue weighted by Gasteiger charge is 2.45. The molecule has 0 aromatic heterocycles. The summed E-state index contributed by atoms with van der Waals surface area (Å²) in [7, 11) is -4.04. The van der Waals surface area contributed by atoms with Gasteiger partial charge in [0, 0.05) is 18.3 Å². The molecule has 1 aliphatic heterocycles. The van der Waals surface area contributed by atoms with Crippen molar-refractivity contribution in [3.05, 3.63) is 72.3 Å². The number of carboxylic acids is 1. The van der Waals surface area contributed by atoms with E-state index in [4.69, 9.17) is 5.73 Å². The first-order chi connectivity index (χ1) is 18.2. The predicted octanol–water partition coefficient (Wildman–Crippen LogP) is 3.80. The van der Waals surface area contributed by atoms with Crippen molar-refractivity contribution in [2.24, 2.45) is 11.8 Å². The molecule has 9 heteroatoms. The summed E-state index contributed by atoms with van der Waals surface area (Å²) in [4.78, 5) is 27.8. The van der Waals surface area contributed by atoms with Gasteiger partial charge < -0.3 is 15.7 Å². The Morgan fingerprint density at radius 2 is 1.74 bits per heavy atom. The molecule has 1 aliphatic carbocycles. The summed E-state index contributed by atoms with van der Waals surface area (Å²) in [6.07, 6.45) is 3.84. The molecule has 8 nitrogen and oxygen atoms in total. The molecule has 0 spiro atoms. The van der Waals surface area contributed by atoms with Crippen LogP contribution >= 0.6 is 0 Å². The van der Waals surface area contributed by atoms with E-state index in [2.05, 4.69) is 4.72 Å². The van der Waals surface area contributed by atoms with Gasteiger partial charge in [-0.3, -0.25) is 9.59 Å². The molecular weight excluding hydrogens is 502 g/mol. The quantitative estimate of drug-likeness (QED) is 0.395. The topological polar surface area (TPSA) is 130 Å². The number of benzene rings is 3. The normalized spacial score (nSPS) is 22.5. The molecule has 38 heavy (non-hydrogen) atoms. The molecule has 1 saturated carbocycles. The van der Waals surface area contributed by atoms with Crippen molar-refractivity contribution in [3.63, 3.8) is 0 Å². The third kappa shape index (κ3) is 5.39. The fourth-order valence-electron chi connectivity index (χ4n) is 6.16. The number of hydrogen-bond acceptors (Lipinski definition) is 5. The van der Waals surface area contributed by atoms with Gasteiger partial charge in [0.25, 0.3) is 0 Å². The maximum atomic E-state index is 14.1. The van der Waals surface area contributed by atoms with Gasteiger partial charge in [0.1, 0.15) is 6.04 Å². The second-order valence-electron chi connectivity index (χ2n) is 10.4. The van der Waals surface area contributed by atoms with E-state index in [0.29, 0.717) is 18.7 Å². The average Bonchev–Trinajstić information content (AvgIpc) is 2.91. The minimum atomic E-state index is -4.04. The number of carboxylic acid groups (broad SMARTS) is 1. The highest BCUT2D eigenvalue weighted by Crippen LogP contribution is 2.39. The molecule has 1 saturated heterocycles. The maximum absolute atomic E-state index is 14.1. The maximum Gasteiger partial charge on any atom is 0.306 e. The van der Waals surface area contributed by atoms with Gasteiger partial charge in [-0.2, -0.15) is 4.72 Å². The molecule has 2 fully saturated rings. The second kappa shape index (κ2) is 10.7. The fraction of sp³-hybridized carbons (Fsp3) is 0.379. The van der Waals surface area contributed by atoms with Gasteiger partial charge in [0.2, 0.25) is 15.9 Å². The van der Waals surface area contributed by atoms with E-state index >= 15 is 0 Å². The summed E-state index contributed by atoms with van der Waals surface area (Å²) >= 11 is 0. The Morgan fingerprint density at radius 3 is 2.50 bits per heavy atom. The Morgan fingerprint density at radius 1 is 0.974 bits per heavy atom. The van der Waals surface area contributed by atoms with Crippen LogP contribution in [0.25, 0.3) is 10.8 Å². The van der Waals surface area contributed by atoms with Crippen LogP contribution in [-0.4, -0.2) is 48.9 Å². The molecule has 200 valence electrons. The summed E-state index contributed by atoms with van der Waals surface area (Å²) in [6.45, 7) is 0.294. The van der Waals surface area contributed by atoms with Gasteiger partial charge in [0.15, 0.2) is 0 Å². The van der Waals surface area contributed by atoms with Crippen LogP contribution in [0.2, 0.25) is 0 Å². The highest BCUT2D eigenvalue weighted by molar-refractivity contribution is 7.89. The smallest absolute Gasteiger partial charge is 0.306 e. The second-order valence-corrected chi connectivity index (χ2v) is 12.1. The SMILES string of the molecule is Nc1cccc(C[C@H](NS(=O)(=O)c2ccc3ccccc3c2)C(=O)N2CCC(C(=O)O)C3CCCCC32)c1. The number of piperidine rings is 1. The highest BCUT2D eigenvalue weighted by atomic mass is 32.2. The van der Waals surface area contributed by atoms with E-state index in [1.165, 1.54) is 0 Å². The molecule has 1 amide bonds. The minimum absolute atomic E-state index is 0.0849. The lowest BCUT2D eigenvalue weighted by Crippen LogP contribution is -2.59. The number of hydrogen-bond donors (Lipinski definition) is 3. The van der Waals surface area contributed by atoms with Crippen molar-refractivity contribution in [3.8, 4) is 0 Å². The molecule has 4 N–H and O–H groups in total. The van der Waals surface area contributed by atoms with Crippen molar-refractivity contribution in [2.45, 2.75) is 55.5 Å². The van der Waals surface area contributed by atoms with Gasteiger partial charge in [0.05, 0.1) is 10.8 Å². The van der Waals surface area contributed by atoms with Gasteiger partial charge in [-0.1, -0.05) is 55.3 Å². The van der Waals surface area contributed by atoms with E-state index < -0.39 is 28.0 Å². The first kappa shape index (κ1) is 26.2. The van der Waals surface area contributed by atoms with E-state index in [-0.39, 0.29) is 29.2 Å². The van der Waals surface area contributed by atoms with E-state index in [0.717, 1.165) is 42.0 Å². The number of sulfonamides is 1. The Kier molecular flexibility index (Phi) is 7.40. The van der Waals surface area contributed by atoms with Crippen LogP contribution < -0.4 is 10.5 Å². The number of anilines is 1. The standard InChI is InChI=1S/C29H33N3O5S/c30-22-9-5-6-19(16-22)17-26(31-38(36,37)23-13-12-20-7-1-2-8-21(20)18-23)28(33)32-15-14-25(29(34)35)24-10-3-4-11-27(24)32/h1-2,5-9,12-13,16,18,24-27,31H,3-4,10-11,14-15,17,30H2,(H,34,35)/t24?,25?,26-,27?/m0/s1. The van der Waals surface area contributed by atoms with Crippen molar-refractivity contribution >= 4 is 38.4 Å². The fourth-order valence-corrected chi connectivity index (χ4v) is 7.38. The molecule has 1 heterocycles. The van der Waals surface area contributed by atoms with Crippen LogP contribution in [0.4, 0.5) is 5.69 Å². The van der Waals surface area contributed by atoms with Crippen LogP contribution in [0.3, 0.4) is 0 Å². The summed E-state index contributed by atoms with van der Waals surface area (Å²) < 4.78 is 29.8. The summed E-state index contributed by atoms with van der Waals surface area (Å²) in [5.41, 5.74) is 7.24. The lowest BCUT2D eigenvalue weighted by Gasteiger charge is -2.47. The van der Waals surface area contributed by atoms with Crippen molar-refractivity contribution in [1.29, 1.82) is 0 Å². The zero-order valence-electron chi connectivity index (χ0n) is 21.1. The van der Waals surface area contributed by atoms with Gasteiger partial charge in [-0.25, -0.2) is 8.42 Å².